The molecule has 0 aliphatic carbocycles. The number of hydrogen-bond donors (Lipinski definition) is 0. The maximum atomic E-state index is 2.41. The third-order valence-electron chi connectivity index (χ3n) is 13.6. The molecule has 2 heterocycles. The summed E-state index contributed by atoms with van der Waals surface area (Å²) in [5.41, 5.74) is 19.1. The Morgan fingerprint density at radius 2 is 0.561 bits per heavy atom. The monoisotopic (exact) mass is 838 g/mol. The van der Waals surface area contributed by atoms with Gasteiger partial charge in [0.25, 0.3) is 0 Å². The summed E-state index contributed by atoms with van der Waals surface area (Å²) in [7, 11) is 0. The lowest BCUT2D eigenvalue weighted by molar-refractivity contribution is 1.18. The number of nitrogens with zero attached hydrogens (tertiary/aromatic N) is 2. The van der Waals surface area contributed by atoms with Gasteiger partial charge in [0.1, 0.15) is 0 Å². The minimum atomic E-state index is 1.16. The first kappa shape index (κ1) is 37.8. The van der Waals surface area contributed by atoms with E-state index in [2.05, 4.69) is 264 Å². The Bertz CT molecular complexity index is 4000. The summed E-state index contributed by atoms with van der Waals surface area (Å²) < 4.78 is 4.80. The SMILES string of the molecule is c1ccc(-n2c3ccccc3c3cc(-c4ccccc4-c4ccccc4-c4ccccc4-c4ccccc4-c4ccc5c(c4)c4ccccc4n5-c4ccc5ccccc5c4)ccc32)cc1. The molecule has 0 N–H and O–H groups in total. The van der Waals surface area contributed by atoms with E-state index >= 15 is 0 Å². The molecule has 0 saturated carbocycles. The largest absolute Gasteiger partial charge is 0.309 e. The predicted octanol–water partition coefficient (Wildman–Crippen LogP) is 17.4. The summed E-state index contributed by atoms with van der Waals surface area (Å²) >= 11 is 0. The molecule has 2 aromatic heterocycles. The molecular weight excluding hydrogens is 797 g/mol. The highest BCUT2D eigenvalue weighted by molar-refractivity contribution is 6.12. The molecule has 2 nitrogen and oxygen atoms in total. The van der Waals surface area contributed by atoms with Gasteiger partial charge in [0.05, 0.1) is 22.1 Å². The van der Waals surface area contributed by atoms with Crippen molar-refractivity contribution in [1.82, 2.24) is 9.13 Å². The van der Waals surface area contributed by atoms with Crippen LogP contribution in [0.15, 0.2) is 255 Å². The molecule has 0 saturated heterocycles. The van der Waals surface area contributed by atoms with Gasteiger partial charge in [-0.3, -0.25) is 0 Å². The summed E-state index contributed by atoms with van der Waals surface area (Å²) in [5, 5.41) is 7.46. The van der Waals surface area contributed by atoms with Crippen molar-refractivity contribution in [2.45, 2.75) is 0 Å². The van der Waals surface area contributed by atoms with Gasteiger partial charge in [-0.15, -0.1) is 0 Å². The smallest absolute Gasteiger partial charge is 0.0541 e. The maximum Gasteiger partial charge on any atom is 0.0541 e. The lowest BCUT2D eigenvalue weighted by Gasteiger charge is -2.19. The van der Waals surface area contributed by atoms with Gasteiger partial charge in [-0.25, -0.2) is 0 Å². The van der Waals surface area contributed by atoms with Crippen LogP contribution in [0.2, 0.25) is 0 Å². The quantitative estimate of drug-likeness (QED) is 0.151. The van der Waals surface area contributed by atoms with E-state index in [1.54, 1.807) is 0 Å². The van der Waals surface area contributed by atoms with E-state index in [0.29, 0.717) is 0 Å². The van der Waals surface area contributed by atoms with E-state index in [1.165, 1.54) is 116 Å². The predicted molar refractivity (Wildman–Crippen MR) is 280 cm³/mol. The molecular formula is C64H42N2. The lowest BCUT2D eigenvalue weighted by atomic mass is 9.85. The molecule has 0 aliphatic rings. The van der Waals surface area contributed by atoms with Crippen molar-refractivity contribution in [2.24, 2.45) is 0 Å². The van der Waals surface area contributed by atoms with E-state index in [9.17, 15) is 0 Å². The molecule has 13 aromatic rings. The van der Waals surface area contributed by atoms with E-state index in [-0.39, 0.29) is 0 Å². The standard InChI is InChI=1S/C64H42N2/c1-2-20-47(21-3-1)65-61-32-16-14-30-57(61)59-41-45(35-38-63(59)65)49-22-6-8-24-51(49)53-26-10-12-28-55(53)56-29-13-11-27-54(56)52-25-9-7-23-50(52)46-36-39-64-60(42-46)58-31-15-17-33-62(58)66(64)48-37-34-43-18-4-5-19-44(43)40-48/h1-42H. The molecule has 11 aromatic carbocycles. The molecule has 0 fully saturated rings. The zero-order valence-electron chi connectivity index (χ0n) is 36.1. The highest BCUT2D eigenvalue weighted by Crippen LogP contribution is 2.45. The molecule has 0 unspecified atom stereocenters. The normalized spacial score (nSPS) is 11.6. The summed E-state index contributed by atoms with van der Waals surface area (Å²) in [6.07, 6.45) is 0. The fourth-order valence-corrected chi connectivity index (χ4v) is 10.6. The van der Waals surface area contributed by atoms with Crippen LogP contribution in [0.3, 0.4) is 0 Å². The highest BCUT2D eigenvalue weighted by atomic mass is 15.0. The van der Waals surface area contributed by atoms with Gasteiger partial charge in [0.15, 0.2) is 0 Å². The fraction of sp³-hybridized carbons (Fsp3) is 0. The molecule has 0 aliphatic heterocycles. The maximum absolute atomic E-state index is 2.41. The number of rotatable bonds is 7. The van der Waals surface area contributed by atoms with Gasteiger partial charge >= 0.3 is 0 Å². The van der Waals surface area contributed by atoms with Crippen molar-refractivity contribution in [3.63, 3.8) is 0 Å². The Balaban J connectivity index is 0.936. The zero-order valence-corrected chi connectivity index (χ0v) is 36.1. The van der Waals surface area contributed by atoms with Crippen molar-refractivity contribution in [2.75, 3.05) is 0 Å². The van der Waals surface area contributed by atoms with Crippen LogP contribution in [0.1, 0.15) is 0 Å². The van der Waals surface area contributed by atoms with Crippen LogP contribution in [-0.2, 0) is 0 Å². The average Bonchev–Trinajstić information content (AvgIpc) is 3.91. The summed E-state index contributed by atoms with van der Waals surface area (Å²) in [5.74, 6) is 0. The van der Waals surface area contributed by atoms with E-state index < -0.39 is 0 Å². The van der Waals surface area contributed by atoms with Gasteiger partial charge in [-0.1, -0.05) is 194 Å². The van der Waals surface area contributed by atoms with Gasteiger partial charge in [0.2, 0.25) is 0 Å². The minimum absolute atomic E-state index is 1.16. The number of fused-ring (bicyclic) bond motifs is 7. The van der Waals surface area contributed by atoms with Gasteiger partial charge < -0.3 is 9.13 Å². The highest BCUT2D eigenvalue weighted by Gasteiger charge is 2.20. The van der Waals surface area contributed by atoms with Crippen molar-refractivity contribution in [3.05, 3.63) is 255 Å². The Hall–Kier alpha value is -8.72. The van der Waals surface area contributed by atoms with E-state index in [0.717, 1.165) is 5.69 Å². The molecule has 308 valence electrons. The minimum Gasteiger partial charge on any atom is -0.309 e. The van der Waals surface area contributed by atoms with Crippen molar-refractivity contribution in [1.29, 1.82) is 0 Å². The van der Waals surface area contributed by atoms with Gasteiger partial charge in [-0.2, -0.15) is 0 Å². The summed E-state index contributed by atoms with van der Waals surface area (Å²) in [6, 6.07) is 93.3. The van der Waals surface area contributed by atoms with Crippen molar-refractivity contribution in [3.8, 4) is 67.0 Å². The molecule has 0 bridgehead atoms. The van der Waals surface area contributed by atoms with Crippen LogP contribution in [0.4, 0.5) is 0 Å². The Morgan fingerprint density at radius 3 is 1.06 bits per heavy atom. The van der Waals surface area contributed by atoms with Crippen molar-refractivity contribution >= 4 is 54.4 Å². The second kappa shape index (κ2) is 15.5. The third kappa shape index (κ3) is 6.11. The van der Waals surface area contributed by atoms with Crippen LogP contribution in [0.5, 0.6) is 0 Å². The van der Waals surface area contributed by atoms with Crippen LogP contribution in [0.25, 0.3) is 121 Å². The Kier molecular flexibility index (Phi) is 8.89. The van der Waals surface area contributed by atoms with E-state index in [1.807, 2.05) is 0 Å². The summed E-state index contributed by atoms with van der Waals surface area (Å²) in [6.45, 7) is 0. The molecule has 66 heavy (non-hydrogen) atoms. The number of aromatic nitrogens is 2. The molecule has 0 amide bonds. The first-order valence-electron chi connectivity index (χ1n) is 22.8. The zero-order chi connectivity index (χ0) is 43.6. The molecule has 13 rings (SSSR count). The second-order valence-electron chi connectivity index (χ2n) is 17.2. The van der Waals surface area contributed by atoms with Crippen molar-refractivity contribution < 1.29 is 0 Å². The first-order valence-corrected chi connectivity index (χ1v) is 22.8. The second-order valence-corrected chi connectivity index (χ2v) is 17.2. The lowest BCUT2D eigenvalue weighted by Crippen LogP contribution is -1.94. The number of benzene rings is 11. The van der Waals surface area contributed by atoms with Crippen LogP contribution in [0, 0.1) is 0 Å². The Morgan fingerprint density at radius 1 is 0.197 bits per heavy atom. The number of para-hydroxylation sites is 3. The van der Waals surface area contributed by atoms with Crippen LogP contribution < -0.4 is 0 Å². The Labute approximate surface area is 383 Å². The topological polar surface area (TPSA) is 9.86 Å². The first-order chi connectivity index (χ1) is 32.8. The molecule has 0 atom stereocenters. The van der Waals surface area contributed by atoms with E-state index in [4.69, 9.17) is 0 Å². The number of hydrogen-bond acceptors (Lipinski definition) is 0. The molecule has 0 spiro atoms. The molecule has 0 radical (unpaired) electrons. The fourth-order valence-electron chi connectivity index (χ4n) is 10.6. The van der Waals surface area contributed by atoms with Crippen LogP contribution in [-0.4, -0.2) is 9.13 Å². The summed E-state index contributed by atoms with van der Waals surface area (Å²) in [4.78, 5) is 0. The molecule has 2 heteroatoms. The van der Waals surface area contributed by atoms with Crippen LogP contribution >= 0.6 is 0 Å². The van der Waals surface area contributed by atoms with Gasteiger partial charge in [0, 0.05) is 32.9 Å². The average molecular weight is 839 g/mol. The van der Waals surface area contributed by atoms with Gasteiger partial charge in [-0.05, 0) is 127 Å². The third-order valence-corrected chi connectivity index (χ3v) is 13.6.